The van der Waals surface area contributed by atoms with Gasteiger partial charge in [-0.25, -0.2) is 0 Å². The number of aromatic nitrogens is 4. The van der Waals surface area contributed by atoms with Gasteiger partial charge in [0.2, 0.25) is 5.56 Å². The van der Waals surface area contributed by atoms with E-state index in [0.29, 0.717) is 11.2 Å². The molecule has 2 heterocycles. The van der Waals surface area contributed by atoms with E-state index in [0.717, 1.165) is 17.4 Å². The minimum atomic E-state index is -0.346. The quantitative estimate of drug-likeness (QED) is 0.765. The second-order valence-electron chi connectivity index (χ2n) is 5.00. The zero-order chi connectivity index (χ0) is 15.7. The third-order valence-corrected chi connectivity index (χ3v) is 3.40. The Labute approximate surface area is 126 Å². The van der Waals surface area contributed by atoms with Gasteiger partial charge in [-0.3, -0.25) is 14.3 Å². The van der Waals surface area contributed by atoms with Crippen LogP contribution in [-0.4, -0.2) is 25.9 Å². The first-order valence-electron chi connectivity index (χ1n) is 6.90. The van der Waals surface area contributed by atoms with Crippen molar-refractivity contribution in [3.8, 4) is 0 Å². The minimum absolute atomic E-state index is 0.151. The number of amides is 1. The van der Waals surface area contributed by atoms with Crippen molar-refractivity contribution < 1.29 is 4.79 Å². The molecule has 0 saturated heterocycles. The third-order valence-electron chi connectivity index (χ3n) is 3.40. The Morgan fingerprint density at radius 1 is 1.36 bits per heavy atom. The summed E-state index contributed by atoms with van der Waals surface area (Å²) in [6, 6.07) is 7.02. The van der Waals surface area contributed by atoms with Gasteiger partial charge in [0, 0.05) is 24.2 Å². The highest BCUT2D eigenvalue weighted by Crippen LogP contribution is 2.20. The summed E-state index contributed by atoms with van der Waals surface area (Å²) in [6.45, 7) is 2.00. The number of rotatable bonds is 3. The van der Waals surface area contributed by atoms with E-state index in [2.05, 4.69) is 20.6 Å². The smallest absolute Gasteiger partial charge is 0.277 e. The van der Waals surface area contributed by atoms with E-state index >= 15 is 0 Å². The summed E-state index contributed by atoms with van der Waals surface area (Å²) < 4.78 is 1.46. The van der Waals surface area contributed by atoms with Crippen LogP contribution in [0.5, 0.6) is 0 Å². The maximum Gasteiger partial charge on any atom is 0.277 e. The summed E-state index contributed by atoms with van der Waals surface area (Å²) >= 11 is 0. The Balaban J connectivity index is 1.95. The summed E-state index contributed by atoms with van der Waals surface area (Å²) in [5.74, 6) is -0.346. The van der Waals surface area contributed by atoms with Crippen LogP contribution in [0.1, 0.15) is 23.0 Å². The van der Waals surface area contributed by atoms with Crippen LogP contribution in [0.25, 0.3) is 10.9 Å². The molecule has 7 nitrogen and oxygen atoms in total. The lowest BCUT2D eigenvalue weighted by Crippen LogP contribution is -2.13. The standard InChI is InChI=1S/C15H15N5O2/c1-3-9-6-14(21)17-12-7-10(4-5-11(9)12)16-15(22)13-8-20(2)19-18-13/h4-8H,3H2,1-2H3,(H,16,22)(H,17,21). The third kappa shape index (κ3) is 2.60. The van der Waals surface area contributed by atoms with Crippen LogP contribution in [0, 0.1) is 0 Å². The highest BCUT2D eigenvalue weighted by molar-refractivity contribution is 6.03. The van der Waals surface area contributed by atoms with Crippen molar-refractivity contribution in [2.24, 2.45) is 7.05 Å². The fourth-order valence-electron chi connectivity index (χ4n) is 2.35. The maximum atomic E-state index is 12.1. The number of carbonyl (C=O) groups is 1. The summed E-state index contributed by atoms with van der Waals surface area (Å²) in [7, 11) is 1.69. The van der Waals surface area contributed by atoms with Gasteiger partial charge in [-0.2, -0.15) is 0 Å². The number of nitrogens with one attached hydrogen (secondary N) is 2. The Morgan fingerprint density at radius 3 is 2.86 bits per heavy atom. The molecule has 0 spiro atoms. The van der Waals surface area contributed by atoms with Crippen LogP contribution < -0.4 is 10.9 Å². The molecule has 3 rings (SSSR count). The van der Waals surface area contributed by atoms with E-state index in [1.807, 2.05) is 13.0 Å². The monoisotopic (exact) mass is 297 g/mol. The molecule has 112 valence electrons. The average molecular weight is 297 g/mol. The Bertz CT molecular complexity index is 910. The van der Waals surface area contributed by atoms with Crippen molar-refractivity contribution in [2.75, 3.05) is 5.32 Å². The second kappa shape index (κ2) is 5.44. The normalized spacial score (nSPS) is 10.8. The molecule has 0 radical (unpaired) electrons. The summed E-state index contributed by atoms with van der Waals surface area (Å²) in [6.07, 6.45) is 2.30. The summed E-state index contributed by atoms with van der Waals surface area (Å²) in [5, 5.41) is 11.2. The van der Waals surface area contributed by atoms with Gasteiger partial charge in [0.05, 0.1) is 11.7 Å². The van der Waals surface area contributed by atoms with Crippen LogP contribution in [-0.2, 0) is 13.5 Å². The van der Waals surface area contributed by atoms with E-state index < -0.39 is 0 Å². The number of aryl methyl sites for hydroxylation is 2. The zero-order valence-corrected chi connectivity index (χ0v) is 12.3. The van der Waals surface area contributed by atoms with Crippen molar-refractivity contribution in [3.63, 3.8) is 0 Å². The molecule has 22 heavy (non-hydrogen) atoms. The number of carbonyl (C=O) groups excluding carboxylic acids is 1. The fraction of sp³-hybridized carbons (Fsp3) is 0.200. The fourth-order valence-corrected chi connectivity index (χ4v) is 2.35. The van der Waals surface area contributed by atoms with Crippen LogP contribution in [0.4, 0.5) is 5.69 Å². The van der Waals surface area contributed by atoms with Crippen molar-refractivity contribution in [1.82, 2.24) is 20.0 Å². The van der Waals surface area contributed by atoms with Crippen LogP contribution in [0.2, 0.25) is 0 Å². The predicted octanol–water partition coefficient (Wildman–Crippen LogP) is 1.47. The first-order valence-corrected chi connectivity index (χ1v) is 6.90. The van der Waals surface area contributed by atoms with Crippen LogP contribution >= 0.6 is 0 Å². The van der Waals surface area contributed by atoms with E-state index in [9.17, 15) is 9.59 Å². The SMILES string of the molecule is CCc1cc(=O)[nH]c2cc(NC(=O)c3cn(C)nn3)ccc12. The lowest BCUT2D eigenvalue weighted by Gasteiger charge is -2.07. The number of hydrogen-bond acceptors (Lipinski definition) is 4. The highest BCUT2D eigenvalue weighted by atomic mass is 16.2. The number of benzene rings is 1. The number of aromatic amines is 1. The maximum absolute atomic E-state index is 12.1. The average Bonchev–Trinajstić information content (AvgIpc) is 2.92. The van der Waals surface area contributed by atoms with Gasteiger partial charge < -0.3 is 10.3 Å². The highest BCUT2D eigenvalue weighted by Gasteiger charge is 2.11. The van der Waals surface area contributed by atoms with Gasteiger partial charge in [0.25, 0.3) is 5.91 Å². The number of nitrogens with zero attached hydrogens (tertiary/aromatic N) is 3. The molecule has 2 aromatic heterocycles. The van der Waals surface area contributed by atoms with Gasteiger partial charge in [-0.1, -0.05) is 18.2 Å². The summed E-state index contributed by atoms with van der Waals surface area (Å²) in [4.78, 5) is 26.5. The zero-order valence-electron chi connectivity index (χ0n) is 12.3. The van der Waals surface area contributed by atoms with Crippen molar-refractivity contribution in [3.05, 3.63) is 52.1 Å². The predicted molar refractivity (Wildman–Crippen MR) is 82.9 cm³/mol. The van der Waals surface area contributed by atoms with E-state index in [4.69, 9.17) is 0 Å². The molecule has 1 amide bonds. The Kier molecular flexibility index (Phi) is 3.46. The first kappa shape index (κ1) is 14.0. The van der Waals surface area contributed by atoms with Gasteiger partial charge >= 0.3 is 0 Å². The van der Waals surface area contributed by atoms with Gasteiger partial charge in [0.15, 0.2) is 5.69 Å². The summed E-state index contributed by atoms with van der Waals surface area (Å²) in [5.41, 5.74) is 2.35. The molecule has 0 saturated carbocycles. The molecule has 1 aromatic carbocycles. The van der Waals surface area contributed by atoms with E-state index in [1.165, 1.54) is 10.9 Å². The molecule has 0 atom stereocenters. The number of H-pyrrole nitrogens is 1. The molecule has 0 aliphatic heterocycles. The lowest BCUT2D eigenvalue weighted by molar-refractivity contribution is 0.102. The Hall–Kier alpha value is -2.96. The van der Waals surface area contributed by atoms with E-state index in [-0.39, 0.29) is 17.2 Å². The molecule has 0 aliphatic rings. The van der Waals surface area contributed by atoms with Gasteiger partial charge in [-0.05, 0) is 24.1 Å². The first-order chi connectivity index (χ1) is 10.6. The van der Waals surface area contributed by atoms with E-state index in [1.54, 1.807) is 25.2 Å². The second-order valence-corrected chi connectivity index (χ2v) is 5.00. The van der Waals surface area contributed by atoms with Gasteiger partial charge in [-0.15, -0.1) is 5.10 Å². The van der Waals surface area contributed by atoms with Crippen molar-refractivity contribution in [1.29, 1.82) is 0 Å². The molecule has 7 heteroatoms. The van der Waals surface area contributed by atoms with Crippen molar-refractivity contribution >= 4 is 22.5 Å². The molecule has 0 bridgehead atoms. The molecule has 2 N–H and O–H groups in total. The minimum Gasteiger partial charge on any atom is -0.322 e. The molecule has 3 aromatic rings. The number of pyridine rings is 1. The van der Waals surface area contributed by atoms with Gasteiger partial charge in [0.1, 0.15) is 0 Å². The number of hydrogen-bond donors (Lipinski definition) is 2. The number of fused-ring (bicyclic) bond motifs is 1. The molecular formula is C15H15N5O2. The molecular weight excluding hydrogens is 282 g/mol. The molecule has 0 fully saturated rings. The van der Waals surface area contributed by atoms with Crippen LogP contribution in [0.3, 0.4) is 0 Å². The molecule has 0 aliphatic carbocycles. The molecule has 0 unspecified atom stereocenters. The topological polar surface area (TPSA) is 92.7 Å². The lowest BCUT2D eigenvalue weighted by atomic mass is 10.1. The number of anilines is 1. The largest absolute Gasteiger partial charge is 0.322 e. The van der Waals surface area contributed by atoms with Crippen LogP contribution in [0.15, 0.2) is 35.3 Å². The van der Waals surface area contributed by atoms with Crippen molar-refractivity contribution in [2.45, 2.75) is 13.3 Å². The Morgan fingerprint density at radius 2 is 2.18 bits per heavy atom.